The monoisotopic (exact) mass is 194 g/mol. The fourth-order valence-corrected chi connectivity index (χ4v) is 2.61. The predicted octanol–water partition coefficient (Wildman–Crippen LogP) is 1.39. The van der Waals surface area contributed by atoms with Gasteiger partial charge in [0.25, 0.3) is 0 Å². The van der Waals surface area contributed by atoms with Gasteiger partial charge in [0, 0.05) is 18.3 Å². The van der Waals surface area contributed by atoms with Gasteiger partial charge in [0.1, 0.15) is 0 Å². The molecule has 1 fully saturated rings. The number of nitrogens with two attached hydrogens (primary N) is 1. The molecule has 78 valence electrons. The van der Waals surface area contributed by atoms with Gasteiger partial charge in [0.05, 0.1) is 6.42 Å². The second kappa shape index (κ2) is 3.73. The average Bonchev–Trinajstić information content (AvgIpc) is 2.74. The zero-order valence-corrected chi connectivity index (χ0v) is 8.75. The van der Waals surface area contributed by atoms with E-state index >= 15 is 0 Å². The van der Waals surface area contributed by atoms with Crippen LogP contribution in [-0.2, 0) is 4.79 Å². The summed E-state index contributed by atoms with van der Waals surface area (Å²) in [5, 5.41) is 0. The molecule has 0 atom stereocenters. The topological polar surface area (TPSA) is 46.3 Å². The zero-order valence-electron chi connectivity index (χ0n) is 8.75. The zero-order chi connectivity index (χ0) is 10.1. The van der Waals surface area contributed by atoms with Gasteiger partial charge in [-0.05, 0) is 25.3 Å². The van der Waals surface area contributed by atoms with Crippen molar-refractivity contribution in [2.24, 2.45) is 5.73 Å². The summed E-state index contributed by atoms with van der Waals surface area (Å²) in [5.74, 6) is 0.259. The highest BCUT2D eigenvalue weighted by atomic mass is 16.2. The summed E-state index contributed by atoms with van der Waals surface area (Å²) in [7, 11) is 0. The summed E-state index contributed by atoms with van der Waals surface area (Å²) in [5.41, 5.74) is 7.87. The van der Waals surface area contributed by atoms with Gasteiger partial charge in [0.15, 0.2) is 0 Å². The third kappa shape index (κ3) is 1.46. The van der Waals surface area contributed by atoms with Gasteiger partial charge < -0.3 is 10.6 Å². The van der Waals surface area contributed by atoms with Crippen molar-refractivity contribution in [1.82, 2.24) is 4.90 Å². The van der Waals surface area contributed by atoms with Crippen LogP contribution in [0.4, 0.5) is 0 Å². The molecule has 0 aromatic heterocycles. The van der Waals surface area contributed by atoms with Gasteiger partial charge in [-0.3, -0.25) is 4.79 Å². The maximum atomic E-state index is 11.8. The normalized spacial score (nSPS) is 24.1. The van der Waals surface area contributed by atoms with E-state index < -0.39 is 0 Å². The molecular weight excluding hydrogens is 176 g/mol. The van der Waals surface area contributed by atoms with Gasteiger partial charge in [0.2, 0.25) is 5.91 Å². The highest BCUT2D eigenvalue weighted by Crippen LogP contribution is 2.32. The van der Waals surface area contributed by atoms with Gasteiger partial charge in [-0.1, -0.05) is 12.8 Å². The molecule has 0 aromatic carbocycles. The average molecular weight is 194 g/mol. The Balaban J connectivity index is 2.17. The molecule has 1 amide bonds. The van der Waals surface area contributed by atoms with Gasteiger partial charge >= 0.3 is 0 Å². The van der Waals surface area contributed by atoms with Crippen LogP contribution in [0.15, 0.2) is 11.3 Å². The van der Waals surface area contributed by atoms with Crippen LogP contribution in [0.5, 0.6) is 0 Å². The minimum Gasteiger partial charge on any atom is -0.327 e. The Morgan fingerprint density at radius 3 is 2.57 bits per heavy atom. The molecule has 0 aromatic rings. The van der Waals surface area contributed by atoms with E-state index in [2.05, 4.69) is 0 Å². The number of amides is 1. The van der Waals surface area contributed by atoms with E-state index in [9.17, 15) is 4.79 Å². The minimum atomic E-state index is 0.259. The first-order valence-corrected chi connectivity index (χ1v) is 5.44. The first-order valence-electron chi connectivity index (χ1n) is 5.44. The van der Waals surface area contributed by atoms with E-state index in [4.69, 9.17) is 5.73 Å². The number of hydrogen-bond acceptors (Lipinski definition) is 2. The highest BCUT2D eigenvalue weighted by Gasteiger charge is 2.33. The molecule has 1 aliphatic carbocycles. The van der Waals surface area contributed by atoms with Crippen molar-refractivity contribution in [1.29, 1.82) is 0 Å². The lowest BCUT2D eigenvalue weighted by Crippen LogP contribution is -2.33. The Kier molecular flexibility index (Phi) is 2.59. The van der Waals surface area contributed by atoms with Crippen molar-refractivity contribution in [3.63, 3.8) is 0 Å². The molecule has 3 heteroatoms. The number of nitrogens with zero attached hydrogens (tertiary/aromatic N) is 1. The third-order valence-electron chi connectivity index (χ3n) is 3.44. The molecule has 2 rings (SSSR count). The summed E-state index contributed by atoms with van der Waals surface area (Å²) in [6, 6.07) is 0.464. The molecule has 14 heavy (non-hydrogen) atoms. The largest absolute Gasteiger partial charge is 0.327 e. The molecule has 1 heterocycles. The SMILES string of the molecule is CC1=C(CN)CC(=O)N1C1CCCC1. The molecular formula is C11H18N2O. The molecule has 2 aliphatic rings. The second-order valence-corrected chi connectivity index (χ2v) is 4.27. The quantitative estimate of drug-likeness (QED) is 0.722. The molecule has 1 aliphatic heterocycles. The van der Waals surface area contributed by atoms with Crippen LogP contribution in [0, 0.1) is 0 Å². The van der Waals surface area contributed by atoms with Crippen LogP contribution < -0.4 is 5.73 Å². The van der Waals surface area contributed by atoms with Crippen molar-refractivity contribution in [2.45, 2.75) is 45.1 Å². The predicted molar refractivity (Wildman–Crippen MR) is 55.5 cm³/mol. The number of allylic oxidation sites excluding steroid dienone is 1. The smallest absolute Gasteiger partial charge is 0.231 e. The molecule has 3 nitrogen and oxygen atoms in total. The molecule has 1 saturated carbocycles. The molecule has 0 saturated heterocycles. The molecule has 0 radical (unpaired) electrons. The first kappa shape index (κ1) is 9.71. The fourth-order valence-electron chi connectivity index (χ4n) is 2.61. The Morgan fingerprint density at radius 1 is 1.43 bits per heavy atom. The summed E-state index contributed by atoms with van der Waals surface area (Å²) >= 11 is 0. The summed E-state index contributed by atoms with van der Waals surface area (Å²) in [4.78, 5) is 13.8. The maximum Gasteiger partial charge on any atom is 0.231 e. The number of carbonyl (C=O) groups excluding carboxylic acids is 1. The summed E-state index contributed by atoms with van der Waals surface area (Å²) < 4.78 is 0. The van der Waals surface area contributed by atoms with Gasteiger partial charge in [-0.15, -0.1) is 0 Å². The van der Waals surface area contributed by atoms with Gasteiger partial charge in [-0.2, -0.15) is 0 Å². The van der Waals surface area contributed by atoms with Crippen molar-refractivity contribution in [2.75, 3.05) is 6.54 Å². The van der Waals surface area contributed by atoms with E-state index in [-0.39, 0.29) is 5.91 Å². The third-order valence-corrected chi connectivity index (χ3v) is 3.44. The van der Waals surface area contributed by atoms with Crippen molar-refractivity contribution >= 4 is 5.91 Å². The molecule has 2 N–H and O–H groups in total. The van der Waals surface area contributed by atoms with Gasteiger partial charge in [-0.25, -0.2) is 0 Å². The van der Waals surface area contributed by atoms with Crippen LogP contribution in [0.3, 0.4) is 0 Å². The fraction of sp³-hybridized carbons (Fsp3) is 0.727. The van der Waals surface area contributed by atoms with E-state index in [1.807, 2.05) is 11.8 Å². The highest BCUT2D eigenvalue weighted by molar-refractivity contribution is 5.84. The van der Waals surface area contributed by atoms with Crippen molar-refractivity contribution in [3.05, 3.63) is 11.3 Å². The van der Waals surface area contributed by atoms with Crippen molar-refractivity contribution < 1.29 is 4.79 Å². The summed E-state index contributed by atoms with van der Waals surface area (Å²) in [6.45, 7) is 2.56. The minimum absolute atomic E-state index is 0.259. The van der Waals surface area contributed by atoms with Crippen LogP contribution in [0.25, 0.3) is 0 Å². The van der Waals surface area contributed by atoms with Crippen molar-refractivity contribution in [3.8, 4) is 0 Å². The van der Waals surface area contributed by atoms with E-state index in [1.165, 1.54) is 25.7 Å². The van der Waals surface area contributed by atoms with Crippen LogP contribution >= 0.6 is 0 Å². The Labute approximate surface area is 84.9 Å². The van der Waals surface area contributed by atoms with E-state index in [0.29, 0.717) is 19.0 Å². The molecule has 0 unspecified atom stereocenters. The Morgan fingerprint density at radius 2 is 2.07 bits per heavy atom. The lowest BCUT2D eigenvalue weighted by atomic mass is 10.2. The lowest BCUT2D eigenvalue weighted by molar-refractivity contribution is -0.128. The molecule has 0 spiro atoms. The lowest BCUT2D eigenvalue weighted by Gasteiger charge is -2.25. The van der Waals surface area contributed by atoms with Crippen LogP contribution in [-0.4, -0.2) is 23.4 Å². The van der Waals surface area contributed by atoms with E-state index in [0.717, 1.165) is 11.3 Å². The Hall–Kier alpha value is -0.830. The standard InChI is InChI=1S/C11H18N2O/c1-8-9(7-12)6-11(14)13(8)10-4-2-3-5-10/h10H,2-7,12H2,1H3. The van der Waals surface area contributed by atoms with E-state index in [1.54, 1.807) is 0 Å². The second-order valence-electron chi connectivity index (χ2n) is 4.27. The first-order chi connectivity index (χ1) is 6.74. The van der Waals surface area contributed by atoms with Crippen LogP contribution in [0.2, 0.25) is 0 Å². The summed E-state index contributed by atoms with van der Waals surface area (Å²) in [6.07, 6.45) is 5.42. The van der Waals surface area contributed by atoms with Crippen LogP contribution in [0.1, 0.15) is 39.0 Å². The number of carbonyl (C=O) groups is 1. The molecule has 0 bridgehead atoms. The Bertz CT molecular complexity index is 277. The maximum absolute atomic E-state index is 11.8. The number of hydrogen-bond donors (Lipinski definition) is 1. The number of rotatable bonds is 2.